The van der Waals surface area contributed by atoms with Crippen LogP contribution in [0.2, 0.25) is 0 Å². The summed E-state index contributed by atoms with van der Waals surface area (Å²) >= 11 is 0. The predicted octanol–water partition coefficient (Wildman–Crippen LogP) is 7.27. The van der Waals surface area contributed by atoms with Gasteiger partial charge in [-0.3, -0.25) is 0 Å². The van der Waals surface area contributed by atoms with Crippen molar-refractivity contribution in [1.82, 2.24) is 0 Å². The van der Waals surface area contributed by atoms with Gasteiger partial charge >= 0.3 is 0 Å². The van der Waals surface area contributed by atoms with E-state index in [0.717, 1.165) is 6.42 Å². The Morgan fingerprint density at radius 2 is 1.07 bits per heavy atom. The quantitative estimate of drug-likeness (QED) is 0.466. The van der Waals surface area contributed by atoms with Crippen molar-refractivity contribution in [1.29, 1.82) is 0 Å². The number of hydrogen-bond acceptors (Lipinski definition) is 0. The van der Waals surface area contributed by atoms with Crippen LogP contribution in [-0.4, -0.2) is 0 Å². The normalized spacial score (nSPS) is 16.6. The molecule has 0 aromatic heterocycles. The average molecular weight is 351 g/mol. The highest BCUT2D eigenvalue weighted by atomic mass is 14.2. The largest absolute Gasteiger partial charge is 0.0688 e. The van der Waals surface area contributed by atoms with E-state index < -0.39 is 0 Å². The van der Waals surface area contributed by atoms with Crippen LogP contribution in [0.25, 0.3) is 11.1 Å². The number of aryl methyl sites for hydroxylation is 3. The van der Waals surface area contributed by atoms with E-state index in [-0.39, 0.29) is 0 Å². The molecular formula is C27H26. The fraction of sp³-hybridized carbons (Fsp3) is 0.185. The summed E-state index contributed by atoms with van der Waals surface area (Å²) in [5.41, 5.74) is 10.7. The summed E-state index contributed by atoms with van der Waals surface area (Å²) < 4.78 is 0. The minimum absolute atomic E-state index is 0.406. The van der Waals surface area contributed by atoms with Crippen LogP contribution in [0.15, 0.2) is 84.9 Å². The van der Waals surface area contributed by atoms with Crippen LogP contribution >= 0.6 is 0 Å². The molecule has 0 spiro atoms. The SMILES string of the molecule is Cc1ccc(C2=CC(c3ccc(C)cc3)CC(c3ccc(C)cc3)=C2)cc1. The Morgan fingerprint density at radius 3 is 1.63 bits per heavy atom. The van der Waals surface area contributed by atoms with Gasteiger partial charge in [0, 0.05) is 5.92 Å². The second kappa shape index (κ2) is 7.40. The van der Waals surface area contributed by atoms with Crippen LogP contribution in [0.3, 0.4) is 0 Å². The highest BCUT2D eigenvalue weighted by Gasteiger charge is 2.19. The van der Waals surface area contributed by atoms with Crippen LogP contribution in [-0.2, 0) is 0 Å². The van der Waals surface area contributed by atoms with Gasteiger partial charge in [0.05, 0.1) is 0 Å². The molecule has 1 aliphatic carbocycles. The van der Waals surface area contributed by atoms with E-state index in [1.165, 1.54) is 44.5 Å². The van der Waals surface area contributed by atoms with E-state index in [2.05, 4.69) is 106 Å². The van der Waals surface area contributed by atoms with E-state index in [4.69, 9.17) is 0 Å². The summed E-state index contributed by atoms with van der Waals surface area (Å²) in [6.45, 7) is 6.43. The molecule has 0 amide bonds. The molecule has 134 valence electrons. The maximum absolute atomic E-state index is 2.44. The molecule has 0 aliphatic heterocycles. The first-order chi connectivity index (χ1) is 13.1. The Morgan fingerprint density at radius 1 is 0.593 bits per heavy atom. The molecule has 0 heteroatoms. The van der Waals surface area contributed by atoms with Crippen LogP contribution in [0.5, 0.6) is 0 Å². The number of rotatable bonds is 3. The van der Waals surface area contributed by atoms with Gasteiger partial charge in [0.15, 0.2) is 0 Å². The van der Waals surface area contributed by atoms with E-state index in [9.17, 15) is 0 Å². The smallest absolute Gasteiger partial charge is 0.00678 e. The molecule has 0 nitrogen and oxygen atoms in total. The molecule has 0 bridgehead atoms. The Kier molecular flexibility index (Phi) is 4.81. The van der Waals surface area contributed by atoms with Crippen molar-refractivity contribution in [3.63, 3.8) is 0 Å². The summed E-state index contributed by atoms with van der Waals surface area (Å²) in [6.07, 6.45) is 5.86. The molecule has 0 fully saturated rings. The highest BCUT2D eigenvalue weighted by Crippen LogP contribution is 2.39. The summed E-state index contributed by atoms with van der Waals surface area (Å²) in [7, 11) is 0. The van der Waals surface area contributed by atoms with E-state index in [0.29, 0.717) is 5.92 Å². The van der Waals surface area contributed by atoms with Gasteiger partial charge in [-0.25, -0.2) is 0 Å². The molecule has 0 N–H and O–H groups in total. The summed E-state index contributed by atoms with van der Waals surface area (Å²) in [4.78, 5) is 0. The van der Waals surface area contributed by atoms with Gasteiger partial charge in [0.1, 0.15) is 0 Å². The van der Waals surface area contributed by atoms with Gasteiger partial charge in [-0.15, -0.1) is 0 Å². The third-order valence-electron chi connectivity index (χ3n) is 5.46. The molecule has 1 aliphatic rings. The van der Waals surface area contributed by atoms with Gasteiger partial charge in [-0.05, 0) is 55.0 Å². The Bertz CT molecular complexity index is 981. The molecule has 3 aromatic rings. The zero-order valence-electron chi connectivity index (χ0n) is 16.4. The van der Waals surface area contributed by atoms with Crippen LogP contribution in [0.1, 0.15) is 45.7 Å². The van der Waals surface area contributed by atoms with Crippen molar-refractivity contribution < 1.29 is 0 Å². The number of allylic oxidation sites excluding steroid dienone is 4. The van der Waals surface area contributed by atoms with Crippen molar-refractivity contribution in [3.8, 4) is 0 Å². The van der Waals surface area contributed by atoms with Crippen molar-refractivity contribution >= 4 is 11.1 Å². The Hall–Kier alpha value is -2.86. The van der Waals surface area contributed by atoms with Crippen molar-refractivity contribution in [2.75, 3.05) is 0 Å². The minimum Gasteiger partial charge on any atom is -0.0688 e. The van der Waals surface area contributed by atoms with Gasteiger partial charge in [-0.1, -0.05) is 102 Å². The minimum atomic E-state index is 0.406. The predicted molar refractivity (Wildman–Crippen MR) is 117 cm³/mol. The Labute approximate surface area is 162 Å². The van der Waals surface area contributed by atoms with E-state index >= 15 is 0 Å². The molecule has 3 aromatic carbocycles. The van der Waals surface area contributed by atoms with E-state index in [1.807, 2.05) is 0 Å². The molecule has 27 heavy (non-hydrogen) atoms. The Balaban J connectivity index is 1.77. The van der Waals surface area contributed by atoms with Gasteiger partial charge in [0.25, 0.3) is 0 Å². The van der Waals surface area contributed by atoms with Crippen molar-refractivity contribution in [3.05, 3.63) is 118 Å². The lowest BCUT2D eigenvalue weighted by molar-refractivity contribution is 0.870. The van der Waals surface area contributed by atoms with Crippen LogP contribution in [0, 0.1) is 20.8 Å². The summed E-state index contributed by atoms with van der Waals surface area (Å²) in [5.74, 6) is 0.406. The lowest BCUT2D eigenvalue weighted by Gasteiger charge is -2.23. The zero-order valence-corrected chi connectivity index (χ0v) is 16.4. The average Bonchev–Trinajstić information content (AvgIpc) is 2.69. The summed E-state index contributed by atoms with van der Waals surface area (Å²) in [5, 5.41) is 0. The molecule has 0 radical (unpaired) electrons. The third kappa shape index (κ3) is 3.95. The lowest BCUT2D eigenvalue weighted by Crippen LogP contribution is -2.04. The molecule has 1 unspecified atom stereocenters. The molecule has 0 saturated carbocycles. The number of benzene rings is 3. The monoisotopic (exact) mass is 350 g/mol. The molecule has 0 saturated heterocycles. The fourth-order valence-electron chi connectivity index (χ4n) is 3.73. The lowest BCUT2D eigenvalue weighted by atomic mass is 9.81. The maximum atomic E-state index is 2.44. The first kappa shape index (κ1) is 17.5. The van der Waals surface area contributed by atoms with Gasteiger partial charge in [-0.2, -0.15) is 0 Å². The fourth-order valence-corrected chi connectivity index (χ4v) is 3.73. The topological polar surface area (TPSA) is 0 Å². The van der Waals surface area contributed by atoms with Crippen LogP contribution < -0.4 is 0 Å². The third-order valence-corrected chi connectivity index (χ3v) is 5.46. The van der Waals surface area contributed by atoms with Gasteiger partial charge in [0.2, 0.25) is 0 Å². The second-order valence-corrected chi connectivity index (χ2v) is 7.74. The van der Waals surface area contributed by atoms with Crippen molar-refractivity contribution in [2.24, 2.45) is 0 Å². The van der Waals surface area contributed by atoms with E-state index in [1.54, 1.807) is 0 Å². The second-order valence-electron chi connectivity index (χ2n) is 7.74. The molecular weight excluding hydrogens is 324 g/mol. The standard InChI is InChI=1S/C27H26/c1-19-4-10-22(11-5-19)25-16-26(23-12-6-20(2)7-13-23)18-27(17-25)24-14-8-21(3)9-15-24/h4-17,26H,18H2,1-3H3. The summed E-state index contributed by atoms with van der Waals surface area (Å²) in [6, 6.07) is 26.8. The molecule has 4 rings (SSSR count). The number of hydrogen-bond donors (Lipinski definition) is 0. The molecule has 0 heterocycles. The van der Waals surface area contributed by atoms with Gasteiger partial charge < -0.3 is 0 Å². The first-order valence-corrected chi connectivity index (χ1v) is 9.71. The highest BCUT2D eigenvalue weighted by molar-refractivity contribution is 5.87. The first-order valence-electron chi connectivity index (χ1n) is 9.71. The molecule has 1 atom stereocenters. The van der Waals surface area contributed by atoms with Crippen molar-refractivity contribution in [2.45, 2.75) is 33.1 Å². The zero-order chi connectivity index (χ0) is 18.8. The maximum Gasteiger partial charge on any atom is 0.00678 e. The van der Waals surface area contributed by atoms with Crippen LogP contribution in [0.4, 0.5) is 0 Å².